The standard InChI is InChI=1S/C35H36Cl3N3O4S/c1-24-13-16-29(17-14-24)46(44,45)41(31-21-28(37)15-18-30(31)38)23-33(42)40(22-26-11-8-12-27(36)19-26)32(34(43)39-35(2,3)4)20-25-9-6-5-7-10-25/h5-19,21,32H,20,22-23H2,1-4H3,(H,39,43)/t32-/m0/s1. The molecule has 242 valence electrons. The van der Waals surface area contributed by atoms with Gasteiger partial charge in [-0.05, 0) is 81.3 Å². The van der Waals surface area contributed by atoms with Crippen molar-refractivity contribution >= 4 is 62.3 Å². The van der Waals surface area contributed by atoms with Crippen molar-refractivity contribution < 1.29 is 18.0 Å². The van der Waals surface area contributed by atoms with Crippen LogP contribution in [0.1, 0.15) is 37.5 Å². The number of amides is 2. The first-order chi connectivity index (χ1) is 21.6. The molecule has 4 aromatic carbocycles. The van der Waals surface area contributed by atoms with Crippen molar-refractivity contribution in [1.29, 1.82) is 0 Å². The van der Waals surface area contributed by atoms with E-state index in [0.29, 0.717) is 10.6 Å². The summed E-state index contributed by atoms with van der Waals surface area (Å²) < 4.78 is 29.4. The Kier molecular flexibility index (Phi) is 11.4. The van der Waals surface area contributed by atoms with Gasteiger partial charge in [0.1, 0.15) is 12.6 Å². The number of carbonyl (C=O) groups excluding carboxylic acids is 2. The van der Waals surface area contributed by atoms with Crippen LogP contribution in [0.3, 0.4) is 0 Å². The van der Waals surface area contributed by atoms with Gasteiger partial charge in [-0.15, -0.1) is 0 Å². The van der Waals surface area contributed by atoms with Crippen molar-refractivity contribution in [2.24, 2.45) is 0 Å². The van der Waals surface area contributed by atoms with Gasteiger partial charge in [0, 0.05) is 28.5 Å². The van der Waals surface area contributed by atoms with E-state index >= 15 is 0 Å². The fourth-order valence-corrected chi connectivity index (χ4v) is 6.94. The molecule has 4 aromatic rings. The van der Waals surface area contributed by atoms with Crippen LogP contribution >= 0.6 is 34.8 Å². The number of anilines is 1. The van der Waals surface area contributed by atoms with Gasteiger partial charge in [-0.25, -0.2) is 8.42 Å². The van der Waals surface area contributed by atoms with Crippen molar-refractivity contribution in [3.63, 3.8) is 0 Å². The zero-order valence-electron chi connectivity index (χ0n) is 26.0. The maximum atomic E-state index is 14.6. The molecule has 0 unspecified atom stereocenters. The normalized spacial score (nSPS) is 12.3. The SMILES string of the molecule is Cc1ccc(S(=O)(=O)N(CC(=O)N(Cc2cccc(Cl)c2)[C@@H](Cc2ccccc2)C(=O)NC(C)(C)C)c2cc(Cl)ccc2Cl)cc1. The molecule has 0 aliphatic heterocycles. The van der Waals surface area contributed by atoms with E-state index in [1.807, 2.05) is 58.0 Å². The number of carbonyl (C=O) groups is 2. The van der Waals surface area contributed by atoms with Crippen LogP contribution in [0.4, 0.5) is 5.69 Å². The number of nitrogens with zero attached hydrogens (tertiary/aromatic N) is 2. The second-order valence-electron chi connectivity index (χ2n) is 12.0. The highest BCUT2D eigenvalue weighted by Crippen LogP contribution is 2.33. The lowest BCUT2D eigenvalue weighted by Crippen LogP contribution is -2.56. The average Bonchev–Trinajstić information content (AvgIpc) is 2.98. The minimum Gasteiger partial charge on any atom is -0.350 e. The highest BCUT2D eigenvalue weighted by molar-refractivity contribution is 7.92. The first-order valence-corrected chi connectivity index (χ1v) is 17.2. The van der Waals surface area contributed by atoms with Gasteiger partial charge in [-0.2, -0.15) is 0 Å². The molecule has 0 aromatic heterocycles. The molecule has 0 fully saturated rings. The molecule has 0 saturated carbocycles. The molecule has 0 aliphatic rings. The quantitative estimate of drug-likeness (QED) is 0.174. The van der Waals surface area contributed by atoms with Gasteiger partial charge in [0.2, 0.25) is 11.8 Å². The summed E-state index contributed by atoms with van der Waals surface area (Å²) in [5.74, 6) is -1.02. The van der Waals surface area contributed by atoms with E-state index in [2.05, 4.69) is 5.32 Å². The lowest BCUT2D eigenvalue weighted by atomic mass is 10.0. The molecule has 11 heteroatoms. The van der Waals surface area contributed by atoms with E-state index in [1.54, 1.807) is 36.4 Å². The molecule has 0 radical (unpaired) electrons. The van der Waals surface area contributed by atoms with E-state index in [0.717, 1.165) is 15.4 Å². The maximum Gasteiger partial charge on any atom is 0.264 e. The maximum absolute atomic E-state index is 14.6. The summed E-state index contributed by atoms with van der Waals surface area (Å²) in [6.45, 7) is 6.72. The van der Waals surface area contributed by atoms with Crippen LogP contribution in [0.15, 0.2) is 102 Å². The van der Waals surface area contributed by atoms with Gasteiger partial charge in [0.25, 0.3) is 10.0 Å². The summed E-state index contributed by atoms with van der Waals surface area (Å²) in [5, 5.41) is 3.78. The number of hydrogen-bond donors (Lipinski definition) is 1. The van der Waals surface area contributed by atoms with Gasteiger partial charge in [0.15, 0.2) is 0 Å². The molecule has 4 rings (SSSR count). The van der Waals surface area contributed by atoms with Gasteiger partial charge < -0.3 is 10.2 Å². The van der Waals surface area contributed by atoms with E-state index in [1.165, 1.54) is 35.2 Å². The Hall–Kier alpha value is -3.56. The Bertz CT molecular complexity index is 1790. The fourth-order valence-electron chi connectivity index (χ4n) is 4.87. The van der Waals surface area contributed by atoms with Crippen LogP contribution in [-0.2, 0) is 32.6 Å². The van der Waals surface area contributed by atoms with Crippen molar-refractivity contribution in [3.8, 4) is 0 Å². The molecule has 7 nitrogen and oxygen atoms in total. The Balaban J connectivity index is 1.85. The molecular formula is C35H36Cl3N3O4S. The third-order valence-corrected chi connectivity index (χ3v) is 9.64. The van der Waals surface area contributed by atoms with E-state index in [4.69, 9.17) is 34.8 Å². The van der Waals surface area contributed by atoms with Crippen LogP contribution in [0.2, 0.25) is 15.1 Å². The summed E-state index contributed by atoms with van der Waals surface area (Å²) in [4.78, 5) is 29.9. The van der Waals surface area contributed by atoms with Gasteiger partial charge in [-0.3, -0.25) is 13.9 Å². The molecule has 0 heterocycles. The summed E-state index contributed by atoms with van der Waals surface area (Å²) in [6, 6.07) is 26.0. The summed E-state index contributed by atoms with van der Waals surface area (Å²) in [5.41, 5.74) is 1.78. The largest absolute Gasteiger partial charge is 0.350 e. The lowest BCUT2D eigenvalue weighted by Gasteiger charge is -2.35. The third kappa shape index (κ3) is 9.26. The lowest BCUT2D eigenvalue weighted by molar-refractivity contribution is -0.140. The van der Waals surface area contributed by atoms with Crippen LogP contribution in [0.5, 0.6) is 0 Å². The monoisotopic (exact) mass is 699 g/mol. The van der Waals surface area contributed by atoms with Crippen molar-refractivity contribution in [2.75, 3.05) is 10.8 Å². The highest BCUT2D eigenvalue weighted by atomic mass is 35.5. The Morgan fingerprint density at radius 3 is 2.07 bits per heavy atom. The molecule has 46 heavy (non-hydrogen) atoms. The predicted octanol–water partition coefficient (Wildman–Crippen LogP) is 7.71. The average molecular weight is 701 g/mol. The number of sulfonamides is 1. The summed E-state index contributed by atoms with van der Waals surface area (Å²) >= 11 is 19.2. The fraction of sp³-hybridized carbons (Fsp3) is 0.257. The van der Waals surface area contributed by atoms with Crippen molar-refractivity contribution in [1.82, 2.24) is 10.2 Å². The molecule has 1 atom stereocenters. The Morgan fingerprint density at radius 2 is 1.43 bits per heavy atom. The number of halogens is 3. The first kappa shape index (κ1) is 35.3. The summed E-state index contributed by atoms with van der Waals surface area (Å²) in [7, 11) is -4.33. The number of rotatable bonds is 11. The molecule has 1 N–H and O–H groups in total. The Morgan fingerprint density at radius 1 is 0.804 bits per heavy atom. The van der Waals surface area contributed by atoms with Gasteiger partial charge in [-0.1, -0.05) is 95.0 Å². The zero-order chi connectivity index (χ0) is 33.6. The number of hydrogen-bond acceptors (Lipinski definition) is 4. The zero-order valence-corrected chi connectivity index (χ0v) is 29.1. The molecule has 0 spiro atoms. The van der Waals surface area contributed by atoms with Gasteiger partial charge >= 0.3 is 0 Å². The van der Waals surface area contributed by atoms with E-state index in [-0.39, 0.29) is 39.5 Å². The molecular weight excluding hydrogens is 665 g/mol. The van der Waals surface area contributed by atoms with Crippen molar-refractivity contribution in [2.45, 2.75) is 57.1 Å². The van der Waals surface area contributed by atoms with Gasteiger partial charge in [0.05, 0.1) is 15.6 Å². The molecule has 0 saturated heterocycles. The Labute approximate surface area is 286 Å². The van der Waals surface area contributed by atoms with Crippen LogP contribution < -0.4 is 9.62 Å². The minimum absolute atomic E-state index is 0.0177. The van der Waals surface area contributed by atoms with Crippen molar-refractivity contribution in [3.05, 3.63) is 129 Å². The number of aryl methyl sites for hydroxylation is 1. The molecule has 2 amide bonds. The van der Waals surface area contributed by atoms with Crippen LogP contribution in [0, 0.1) is 6.92 Å². The second kappa shape index (κ2) is 14.9. The summed E-state index contributed by atoms with van der Waals surface area (Å²) in [6.07, 6.45) is 0.178. The molecule has 0 bridgehead atoms. The van der Waals surface area contributed by atoms with Crippen LogP contribution in [0.25, 0.3) is 0 Å². The number of nitrogens with one attached hydrogen (secondary N) is 1. The molecule has 0 aliphatic carbocycles. The van der Waals surface area contributed by atoms with E-state index in [9.17, 15) is 18.0 Å². The highest BCUT2D eigenvalue weighted by Gasteiger charge is 2.36. The minimum atomic E-state index is -4.33. The van der Waals surface area contributed by atoms with Crippen LogP contribution in [-0.4, -0.2) is 43.3 Å². The number of benzene rings is 4. The smallest absolute Gasteiger partial charge is 0.264 e. The van der Waals surface area contributed by atoms with E-state index < -0.39 is 34.1 Å². The predicted molar refractivity (Wildman–Crippen MR) is 186 cm³/mol. The second-order valence-corrected chi connectivity index (χ2v) is 15.2. The third-order valence-electron chi connectivity index (χ3n) is 7.08. The topological polar surface area (TPSA) is 86.8 Å². The first-order valence-electron chi connectivity index (χ1n) is 14.6.